The first-order chi connectivity index (χ1) is 13.9. The van der Waals surface area contributed by atoms with Gasteiger partial charge in [-0.25, -0.2) is 4.39 Å². The number of hydrogen-bond donors (Lipinski definition) is 1. The number of methoxy groups -OCH3 is 2. The number of aliphatic hydroxyl groups is 1. The van der Waals surface area contributed by atoms with Crippen LogP contribution >= 0.6 is 11.6 Å². The number of nitrogens with zero attached hydrogens (tertiary/aromatic N) is 2. The molecule has 1 saturated heterocycles. The molecule has 1 fully saturated rings. The van der Waals surface area contributed by atoms with Gasteiger partial charge in [-0.15, -0.1) is 0 Å². The maximum atomic E-state index is 15.1. The van der Waals surface area contributed by atoms with E-state index in [9.17, 15) is 5.11 Å². The number of halogens is 2. The van der Waals surface area contributed by atoms with E-state index in [4.69, 9.17) is 21.1 Å². The van der Waals surface area contributed by atoms with E-state index in [1.165, 1.54) is 6.20 Å². The molecular weight excluding hydrogens is 395 g/mol. The number of aromatic nitrogens is 1. The molecule has 1 aromatic heterocycles. The molecular formula is C22H22ClFN2O3. The van der Waals surface area contributed by atoms with Gasteiger partial charge >= 0.3 is 0 Å². The molecule has 1 aliphatic heterocycles. The summed E-state index contributed by atoms with van der Waals surface area (Å²) in [5.74, 6) is 0.857. The lowest BCUT2D eigenvalue weighted by atomic mass is 9.84. The van der Waals surface area contributed by atoms with E-state index in [-0.39, 0.29) is 5.52 Å². The van der Waals surface area contributed by atoms with Gasteiger partial charge in [-0.1, -0.05) is 11.6 Å². The normalized spacial score (nSPS) is 16.1. The summed E-state index contributed by atoms with van der Waals surface area (Å²) in [4.78, 5) is 6.08. The van der Waals surface area contributed by atoms with Crippen molar-refractivity contribution in [3.05, 3.63) is 59.0 Å². The van der Waals surface area contributed by atoms with Crippen molar-refractivity contribution in [2.24, 2.45) is 0 Å². The summed E-state index contributed by atoms with van der Waals surface area (Å²) in [5, 5.41) is 12.3. The van der Waals surface area contributed by atoms with Gasteiger partial charge in [-0.3, -0.25) is 4.98 Å². The smallest absolute Gasteiger partial charge is 0.172 e. The van der Waals surface area contributed by atoms with Crippen molar-refractivity contribution >= 4 is 28.2 Å². The van der Waals surface area contributed by atoms with Gasteiger partial charge in [0.15, 0.2) is 5.82 Å². The zero-order valence-electron chi connectivity index (χ0n) is 16.3. The fourth-order valence-corrected chi connectivity index (χ4v) is 4.08. The van der Waals surface area contributed by atoms with E-state index in [0.717, 1.165) is 5.56 Å². The fraction of sp³-hybridized carbons (Fsp3) is 0.318. The SMILES string of the molecule is COc1cc(OC)cc(C2(O)CCN(c3ccc4c(Cl)ccnc4c3F)CC2)c1. The Bertz CT molecular complexity index is 1030. The van der Waals surface area contributed by atoms with Gasteiger partial charge in [0.2, 0.25) is 0 Å². The summed E-state index contributed by atoms with van der Waals surface area (Å²) in [5.41, 5.74) is 0.430. The van der Waals surface area contributed by atoms with Gasteiger partial charge in [-0.05, 0) is 48.7 Å². The maximum absolute atomic E-state index is 15.1. The number of ether oxygens (including phenoxy) is 2. The van der Waals surface area contributed by atoms with Crippen LogP contribution < -0.4 is 14.4 Å². The van der Waals surface area contributed by atoms with Crippen molar-refractivity contribution in [1.82, 2.24) is 4.98 Å². The summed E-state index contributed by atoms with van der Waals surface area (Å²) in [6, 6.07) is 10.6. The molecule has 2 aromatic carbocycles. The fourth-order valence-electron chi connectivity index (χ4n) is 3.87. The standard InChI is InChI=1S/C22H22ClFN2O3/c1-28-15-11-14(12-16(13-15)29-2)22(27)6-9-26(10-7-22)19-4-3-17-18(23)5-8-25-21(17)20(19)24/h3-5,8,11-13,27H,6-7,9-10H2,1-2H3. The highest BCUT2D eigenvalue weighted by molar-refractivity contribution is 6.35. The highest BCUT2D eigenvalue weighted by Crippen LogP contribution is 2.39. The average Bonchev–Trinajstić information content (AvgIpc) is 2.75. The summed E-state index contributed by atoms with van der Waals surface area (Å²) in [6.45, 7) is 0.998. The van der Waals surface area contributed by atoms with Crippen molar-refractivity contribution in [2.75, 3.05) is 32.2 Å². The molecule has 0 saturated carbocycles. The highest BCUT2D eigenvalue weighted by atomic mass is 35.5. The van der Waals surface area contributed by atoms with Crippen LogP contribution in [0.1, 0.15) is 18.4 Å². The number of hydrogen-bond acceptors (Lipinski definition) is 5. The molecule has 5 nitrogen and oxygen atoms in total. The Kier molecular flexibility index (Phi) is 5.23. The molecule has 4 rings (SSSR count). The highest BCUT2D eigenvalue weighted by Gasteiger charge is 2.35. The summed E-state index contributed by atoms with van der Waals surface area (Å²) in [7, 11) is 3.15. The zero-order valence-corrected chi connectivity index (χ0v) is 17.0. The van der Waals surface area contributed by atoms with Crippen LogP contribution in [0.25, 0.3) is 10.9 Å². The van der Waals surface area contributed by atoms with Crippen LogP contribution in [0, 0.1) is 5.82 Å². The topological polar surface area (TPSA) is 54.8 Å². The van der Waals surface area contributed by atoms with Gasteiger partial charge < -0.3 is 19.5 Å². The van der Waals surface area contributed by atoms with Crippen molar-refractivity contribution in [3.63, 3.8) is 0 Å². The largest absolute Gasteiger partial charge is 0.497 e. The van der Waals surface area contributed by atoms with E-state index in [1.807, 2.05) is 17.0 Å². The molecule has 0 aliphatic carbocycles. The third-order valence-electron chi connectivity index (χ3n) is 5.60. The second kappa shape index (κ2) is 7.69. The molecule has 2 heterocycles. The van der Waals surface area contributed by atoms with Crippen molar-refractivity contribution in [3.8, 4) is 11.5 Å². The Hall–Kier alpha value is -2.57. The number of anilines is 1. The number of fused-ring (bicyclic) bond motifs is 1. The zero-order chi connectivity index (χ0) is 20.6. The van der Waals surface area contributed by atoms with Gasteiger partial charge in [-0.2, -0.15) is 0 Å². The van der Waals surface area contributed by atoms with Crippen LogP contribution in [0.3, 0.4) is 0 Å². The van der Waals surface area contributed by atoms with Gasteiger partial charge in [0, 0.05) is 30.7 Å². The number of rotatable bonds is 4. The average molecular weight is 417 g/mol. The quantitative estimate of drug-likeness (QED) is 0.677. The van der Waals surface area contributed by atoms with Crippen LogP contribution in [0.5, 0.6) is 11.5 Å². The molecule has 152 valence electrons. The van der Waals surface area contributed by atoms with Crippen LogP contribution in [0.15, 0.2) is 42.6 Å². The Labute approximate surface area is 173 Å². The van der Waals surface area contributed by atoms with Gasteiger partial charge in [0.25, 0.3) is 0 Å². The van der Waals surface area contributed by atoms with Crippen LogP contribution in [-0.4, -0.2) is 37.4 Å². The van der Waals surface area contributed by atoms with E-state index >= 15 is 4.39 Å². The van der Waals surface area contributed by atoms with E-state index in [0.29, 0.717) is 53.5 Å². The molecule has 1 aliphatic rings. The molecule has 0 spiro atoms. The van der Waals surface area contributed by atoms with Gasteiger partial charge in [0.05, 0.1) is 30.5 Å². The molecule has 0 radical (unpaired) electrons. The Balaban J connectivity index is 1.60. The lowest BCUT2D eigenvalue weighted by Crippen LogP contribution is -2.43. The van der Waals surface area contributed by atoms with E-state index in [1.54, 1.807) is 38.5 Å². The minimum atomic E-state index is -1.03. The minimum absolute atomic E-state index is 0.258. The molecule has 0 bridgehead atoms. The number of pyridine rings is 1. The molecule has 3 aromatic rings. The minimum Gasteiger partial charge on any atom is -0.497 e. The van der Waals surface area contributed by atoms with Crippen molar-refractivity contribution in [2.45, 2.75) is 18.4 Å². The predicted octanol–water partition coefficient (Wildman–Crippen LogP) is 4.53. The summed E-state index contributed by atoms with van der Waals surface area (Å²) >= 11 is 6.15. The summed E-state index contributed by atoms with van der Waals surface area (Å²) < 4.78 is 25.7. The van der Waals surface area contributed by atoms with Crippen LogP contribution in [-0.2, 0) is 5.60 Å². The second-order valence-corrected chi connectivity index (χ2v) is 7.61. The molecule has 29 heavy (non-hydrogen) atoms. The first-order valence-corrected chi connectivity index (χ1v) is 9.76. The monoisotopic (exact) mass is 416 g/mol. The molecule has 1 N–H and O–H groups in total. The van der Waals surface area contributed by atoms with Gasteiger partial charge in [0.1, 0.15) is 17.0 Å². The van der Waals surface area contributed by atoms with Crippen molar-refractivity contribution in [1.29, 1.82) is 0 Å². The first kappa shape index (κ1) is 19.7. The summed E-state index contributed by atoms with van der Waals surface area (Å²) in [6.07, 6.45) is 2.40. The van der Waals surface area contributed by atoms with Crippen LogP contribution in [0.4, 0.5) is 10.1 Å². The molecule has 7 heteroatoms. The third kappa shape index (κ3) is 3.58. The molecule has 0 atom stereocenters. The molecule has 0 unspecified atom stereocenters. The first-order valence-electron chi connectivity index (χ1n) is 9.39. The Morgan fingerprint density at radius 1 is 1.07 bits per heavy atom. The Morgan fingerprint density at radius 2 is 1.72 bits per heavy atom. The Morgan fingerprint density at radius 3 is 2.34 bits per heavy atom. The molecule has 0 amide bonds. The van der Waals surface area contributed by atoms with Crippen molar-refractivity contribution < 1.29 is 19.0 Å². The number of piperidine rings is 1. The third-order valence-corrected chi connectivity index (χ3v) is 5.93. The lowest BCUT2D eigenvalue weighted by molar-refractivity contribution is 0.0113. The van der Waals surface area contributed by atoms with Crippen LogP contribution in [0.2, 0.25) is 5.02 Å². The lowest BCUT2D eigenvalue weighted by Gasteiger charge is -2.40. The maximum Gasteiger partial charge on any atom is 0.172 e. The van der Waals surface area contributed by atoms with E-state index in [2.05, 4.69) is 4.98 Å². The predicted molar refractivity (Wildman–Crippen MR) is 112 cm³/mol. The second-order valence-electron chi connectivity index (χ2n) is 7.21. The number of benzene rings is 2. The van der Waals surface area contributed by atoms with E-state index < -0.39 is 11.4 Å².